The number of nitrogen functional groups attached to an aromatic ring is 1. The van der Waals surface area contributed by atoms with Crippen molar-refractivity contribution in [3.63, 3.8) is 0 Å². The summed E-state index contributed by atoms with van der Waals surface area (Å²) in [6.45, 7) is 11.3. The molecule has 1 heterocycles. The van der Waals surface area contributed by atoms with E-state index in [9.17, 15) is 9.18 Å². The van der Waals surface area contributed by atoms with E-state index in [1.54, 1.807) is 6.08 Å². The van der Waals surface area contributed by atoms with Gasteiger partial charge in [0.2, 0.25) is 5.91 Å². The lowest BCUT2D eigenvalue weighted by atomic mass is 9.76. The Morgan fingerprint density at radius 2 is 1.84 bits per heavy atom. The smallest absolute Gasteiger partial charge is 0.400 e. The van der Waals surface area contributed by atoms with Crippen LogP contribution in [0.15, 0.2) is 17.6 Å². The van der Waals surface area contributed by atoms with E-state index in [-0.39, 0.29) is 12.5 Å². The highest BCUT2D eigenvalue weighted by Gasteiger charge is 2.52. The first-order valence-corrected chi connectivity index (χ1v) is 8.29. The fourth-order valence-electron chi connectivity index (χ4n) is 2.49. The van der Waals surface area contributed by atoms with Gasteiger partial charge < -0.3 is 20.4 Å². The Morgan fingerprint density at radius 3 is 2.36 bits per heavy atom. The highest BCUT2D eigenvalue weighted by Crippen LogP contribution is 2.39. The summed E-state index contributed by atoms with van der Waals surface area (Å²) in [7, 11) is -0.638. The van der Waals surface area contributed by atoms with Crippen molar-refractivity contribution in [1.82, 2.24) is 5.32 Å². The van der Waals surface area contributed by atoms with Crippen LogP contribution in [0.25, 0.3) is 6.08 Å². The molecule has 1 amide bonds. The van der Waals surface area contributed by atoms with E-state index in [1.807, 2.05) is 34.6 Å². The second kappa shape index (κ2) is 6.80. The van der Waals surface area contributed by atoms with Crippen molar-refractivity contribution in [3.8, 4) is 0 Å². The number of halogens is 1. The van der Waals surface area contributed by atoms with Crippen LogP contribution in [-0.2, 0) is 14.1 Å². The monoisotopic (exact) mass is 348 g/mol. The zero-order chi connectivity index (χ0) is 19.0. The molecule has 1 aromatic rings. The number of hydrogen-bond acceptors (Lipinski definition) is 4. The van der Waals surface area contributed by atoms with Crippen LogP contribution >= 0.6 is 0 Å². The van der Waals surface area contributed by atoms with Crippen molar-refractivity contribution in [2.45, 2.75) is 52.7 Å². The Balaban J connectivity index is 2.42. The summed E-state index contributed by atoms with van der Waals surface area (Å²) in [4.78, 5) is 11.3. The average Bonchev–Trinajstić information content (AvgIpc) is 2.68. The minimum absolute atomic E-state index is 0.169. The highest BCUT2D eigenvalue weighted by molar-refractivity contribution is 6.56. The summed E-state index contributed by atoms with van der Waals surface area (Å²) in [5, 5.41) is 2.75. The molecular formula is C18H26BFN2O3. The second-order valence-corrected chi connectivity index (χ2v) is 7.43. The molecule has 0 unspecified atom stereocenters. The number of rotatable bonds is 4. The number of carbonyl (C=O) groups excluding carboxylic acids is 1. The Bertz CT molecular complexity index is 701. The minimum atomic E-state index is -0.638. The number of benzene rings is 1. The standard InChI is InChI=1S/C18H26BFN2O3/c1-11-13(8-15(20)9-16(11)21)7-14(10-22-12(2)23)19-24-17(3,4)18(5,6)25-19/h7-9H,10,21H2,1-6H3,(H,22,23). The molecule has 136 valence electrons. The summed E-state index contributed by atoms with van der Waals surface area (Å²) in [6, 6.07) is 2.69. The van der Waals surface area contributed by atoms with Crippen molar-refractivity contribution in [3.05, 3.63) is 34.5 Å². The molecule has 1 aromatic carbocycles. The van der Waals surface area contributed by atoms with Crippen LogP contribution in [0.5, 0.6) is 0 Å². The Morgan fingerprint density at radius 1 is 1.28 bits per heavy atom. The summed E-state index contributed by atoms with van der Waals surface area (Å²) >= 11 is 0. The van der Waals surface area contributed by atoms with Gasteiger partial charge in [0, 0.05) is 19.2 Å². The molecule has 1 aliphatic rings. The maximum atomic E-state index is 13.8. The maximum Gasteiger partial charge on any atom is 0.492 e. The fraction of sp³-hybridized carbons (Fsp3) is 0.500. The van der Waals surface area contributed by atoms with E-state index >= 15 is 0 Å². The summed E-state index contributed by atoms with van der Waals surface area (Å²) in [6.07, 6.45) is 1.77. The first-order valence-electron chi connectivity index (χ1n) is 8.29. The predicted molar refractivity (Wildman–Crippen MR) is 98.3 cm³/mol. The molecule has 0 atom stereocenters. The molecule has 2 rings (SSSR count). The fourth-order valence-corrected chi connectivity index (χ4v) is 2.49. The number of nitrogens with one attached hydrogen (secondary N) is 1. The van der Waals surface area contributed by atoms with Crippen molar-refractivity contribution >= 4 is 24.8 Å². The first kappa shape index (κ1) is 19.5. The predicted octanol–water partition coefficient (Wildman–Crippen LogP) is 2.87. The molecule has 25 heavy (non-hydrogen) atoms. The number of carbonyl (C=O) groups is 1. The van der Waals surface area contributed by atoms with Gasteiger partial charge in [-0.25, -0.2) is 4.39 Å². The number of nitrogens with two attached hydrogens (primary N) is 1. The summed E-state index contributed by atoms with van der Waals surface area (Å²) in [5.41, 5.74) is 7.30. The van der Waals surface area contributed by atoms with E-state index < -0.39 is 24.1 Å². The number of amides is 1. The van der Waals surface area contributed by atoms with Crippen LogP contribution in [-0.4, -0.2) is 30.8 Å². The Labute approximate surface area is 148 Å². The van der Waals surface area contributed by atoms with Gasteiger partial charge in [0.1, 0.15) is 5.82 Å². The van der Waals surface area contributed by atoms with Crippen LogP contribution in [0.3, 0.4) is 0 Å². The molecule has 5 nitrogen and oxygen atoms in total. The van der Waals surface area contributed by atoms with Crippen LogP contribution < -0.4 is 11.1 Å². The summed E-state index contributed by atoms with van der Waals surface area (Å²) < 4.78 is 25.9. The zero-order valence-corrected chi connectivity index (χ0v) is 15.7. The largest absolute Gasteiger partial charge is 0.492 e. The SMILES string of the molecule is CC(=O)NCC(=Cc1cc(F)cc(N)c1C)B1OC(C)(C)C(C)(C)O1. The molecule has 1 saturated heterocycles. The van der Waals surface area contributed by atoms with Gasteiger partial charge in [-0.15, -0.1) is 0 Å². The lowest BCUT2D eigenvalue weighted by molar-refractivity contribution is -0.118. The number of hydrogen-bond donors (Lipinski definition) is 2. The van der Waals surface area contributed by atoms with Crippen LogP contribution in [0.2, 0.25) is 0 Å². The van der Waals surface area contributed by atoms with E-state index in [0.717, 1.165) is 5.56 Å². The molecule has 1 aliphatic heterocycles. The van der Waals surface area contributed by atoms with Gasteiger partial charge >= 0.3 is 7.12 Å². The molecule has 0 radical (unpaired) electrons. The molecule has 0 aromatic heterocycles. The van der Waals surface area contributed by atoms with Crippen molar-refractivity contribution in [2.24, 2.45) is 0 Å². The minimum Gasteiger partial charge on any atom is -0.400 e. The molecule has 7 heteroatoms. The quantitative estimate of drug-likeness (QED) is 0.648. The third-order valence-electron chi connectivity index (χ3n) is 4.89. The third-order valence-corrected chi connectivity index (χ3v) is 4.89. The molecule has 0 spiro atoms. The van der Waals surface area contributed by atoms with Gasteiger partial charge in [-0.2, -0.15) is 0 Å². The molecule has 0 bridgehead atoms. The topological polar surface area (TPSA) is 73.6 Å². The van der Waals surface area contributed by atoms with Gasteiger partial charge in [0.25, 0.3) is 0 Å². The van der Waals surface area contributed by atoms with Crippen molar-refractivity contribution in [1.29, 1.82) is 0 Å². The van der Waals surface area contributed by atoms with E-state index in [0.29, 0.717) is 16.7 Å². The van der Waals surface area contributed by atoms with Gasteiger partial charge in [-0.1, -0.05) is 6.08 Å². The van der Waals surface area contributed by atoms with Crippen molar-refractivity contribution in [2.75, 3.05) is 12.3 Å². The maximum absolute atomic E-state index is 13.8. The van der Waals surface area contributed by atoms with Crippen LogP contribution in [0.4, 0.5) is 10.1 Å². The lowest BCUT2D eigenvalue weighted by Gasteiger charge is -2.32. The van der Waals surface area contributed by atoms with Crippen molar-refractivity contribution < 1.29 is 18.5 Å². The van der Waals surface area contributed by atoms with E-state index in [1.165, 1.54) is 19.1 Å². The van der Waals surface area contributed by atoms with Crippen LogP contribution in [0, 0.1) is 12.7 Å². The Hall–Kier alpha value is -1.86. The number of anilines is 1. The third kappa shape index (κ3) is 4.22. The lowest BCUT2D eigenvalue weighted by Crippen LogP contribution is -2.41. The highest BCUT2D eigenvalue weighted by atomic mass is 19.1. The molecule has 1 fully saturated rings. The van der Waals surface area contributed by atoms with Gasteiger partial charge in [-0.05, 0) is 63.4 Å². The van der Waals surface area contributed by atoms with E-state index in [2.05, 4.69) is 5.32 Å². The molecule has 3 N–H and O–H groups in total. The molecule has 0 aliphatic carbocycles. The summed E-state index contributed by atoms with van der Waals surface area (Å²) in [5.74, 6) is -0.583. The van der Waals surface area contributed by atoms with Crippen LogP contribution in [0.1, 0.15) is 45.7 Å². The average molecular weight is 348 g/mol. The zero-order valence-electron chi connectivity index (χ0n) is 15.7. The molecular weight excluding hydrogens is 322 g/mol. The van der Waals surface area contributed by atoms with Gasteiger partial charge in [0.15, 0.2) is 0 Å². The van der Waals surface area contributed by atoms with Gasteiger partial charge in [-0.3, -0.25) is 4.79 Å². The van der Waals surface area contributed by atoms with E-state index in [4.69, 9.17) is 15.0 Å². The Kier molecular flexibility index (Phi) is 5.30. The molecule has 0 saturated carbocycles. The first-order chi connectivity index (χ1) is 11.4. The van der Waals surface area contributed by atoms with Gasteiger partial charge in [0.05, 0.1) is 11.2 Å². The second-order valence-electron chi connectivity index (χ2n) is 7.43. The normalized spacial score (nSPS) is 19.2.